The van der Waals surface area contributed by atoms with Crippen LogP contribution in [0, 0.1) is 11.8 Å². The van der Waals surface area contributed by atoms with Crippen molar-refractivity contribution < 1.29 is 9.47 Å². The molecule has 0 aromatic heterocycles. The maximum absolute atomic E-state index is 5.38. The van der Waals surface area contributed by atoms with E-state index in [1.807, 2.05) is 0 Å². The second-order valence-electron chi connectivity index (χ2n) is 3.72. The van der Waals surface area contributed by atoms with Crippen LogP contribution in [-0.4, -0.2) is 19.5 Å². The van der Waals surface area contributed by atoms with Gasteiger partial charge in [-0.05, 0) is 24.7 Å². The van der Waals surface area contributed by atoms with E-state index in [0.29, 0.717) is 0 Å². The number of ether oxygens (including phenoxy) is 2. The van der Waals surface area contributed by atoms with E-state index in [-0.39, 0.29) is 6.29 Å². The SMILES string of the molecule is CC(CC1OCCO1)C1CC1. The summed E-state index contributed by atoms with van der Waals surface area (Å²) in [6, 6.07) is 0. The summed E-state index contributed by atoms with van der Waals surface area (Å²) in [4.78, 5) is 0. The summed E-state index contributed by atoms with van der Waals surface area (Å²) < 4.78 is 10.8. The van der Waals surface area contributed by atoms with E-state index in [1.165, 1.54) is 12.8 Å². The van der Waals surface area contributed by atoms with E-state index in [4.69, 9.17) is 9.47 Å². The lowest BCUT2D eigenvalue weighted by Crippen LogP contribution is -2.13. The molecule has 0 N–H and O–H groups in total. The Balaban J connectivity index is 1.70. The zero-order chi connectivity index (χ0) is 7.68. The predicted octanol–water partition coefficient (Wildman–Crippen LogP) is 1.80. The van der Waals surface area contributed by atoms with Gasteiger partial charge in [-0.25, -0.2) is 0 Å². The Morgan fingerprint density at radius 2 is 1.91 bits per heavy atom. The highest BCUT2D eigenvalue weighted by Gasteiger charge is 2.31. The molecule has 1 saturated heterocycles. The smallest absolute Gasteiger partial charge is 0.158 e. The fraction of sp³-hybridized carbons (Fsp3) is 1.00. The normalized spacial score (nSPS) is 29.2. The van der Waals surface area contributed by atoms with E-state index in [2.05, 4.69) is 6.92 Å². The van der Waals surface area contributed by atoms with Crippen molar-refractivity contribution in [1.82, 2.24) is 0 Å². The molecule has 2 heteroatoms. The number of hydrogen-bond donors (Lipinski definition) is 0. The highest BCUT2D eigenvalue weighted by atomic mass is 16.7. The minimum absolute atomic E-state index is 0.116. The van der Waals surface area contributed by atoms with Gasteiger partial charge in [0.15, 0.2) is 6.29 Å². The third kappa shape index (κ3) is 1.94. The molecule has 0 amide bonds. The van der Waals surface area contributed by atoms with Crippen LogP contribution < -0.4 is 0 Å². The maximum atomic E-state index is 5.38. The molecular formula is C9H16O2. The summed E-state index contributed by atoms with van der Waals surface area (Å²) in [5, 5.41) is 0. The molecule has 0 spiro atoms. The van der Waals surface area contributed by atoms with Crippen LogP contribution in [0.4, 0.5) is 0 Å². The van der Waals surface area contributed by atoms with Gasteiger partial charge in [-0.3, -0.25) is 0 Å². The van der Waals surface area contributed by atoms with Crippen LogP contribution in [0.2, 0.25) is 0 Å². The Bertz CT molecular complexity index is 126. The summed E-state index contributed by atoms with van der Waals surface area (Å²) in [6.07, 6.45) is 4.07. The summed E-state index contributed by atoms with van der Waals surface area (Å²) in [7, 11) is 0. The van der Waals surface area contributed by atoms with Gasteiger partial charge in [-0.2, -0.15) is 0 Å². The molecule has 1 heterocycles. The fourth-order valence-corrected chi connectivity index (χ4v) is 1.70. The van der Waals surface area contributed by atoms with Crippen molar-refractivity contribution in [3.8, 4) is 0 Å². The van der Waals surface area contributed by atoms with Gasteiger partial charge < -0.3 is 9.47 Å². The van der Waals surface area contributed by atoms with Gasteiger partial charge >= 0.3 is 0 Å². The molecular weight excluding hydrogens is 140 g/mol. The van der Waals surface area contributed by atoms with Crippen LogP contribution in [0.3, 0.4) is 0 Å². The summed E-state index contributed by atoms with van der Waals surface area (Å²) in [5.74, 6) is 1.78. The molecule has 2 aliphatic rings. The topological polar surface area (TPSA) is 18.5 Å². The highest BCUT2D eigenvalue weighted by molar-refractivity contribution is 4.79. The van der Waals surface area contributed by atoms with Gasteiger partial charge in [0.1, 0.15) is 0 Å². The molecule has 2 nitrogen and oxygen atoms in total. The number of rotatable bonds is 3. The van der Waals surface area contributed by atoms with E-state index in [0.717, 1.165) is 31.5 Å². The average molecular weight is 156 g/mol. The van der Waals surface area contributed by atoms with Crippen LogP contribution in [0.5, 0.6) is 0 Å². The van der Waals surface area contributed by atoms with Crippen LogP contribution in [0.15, 0.2) is 0 Å². The number of hydrogen-bond acceptors (Lipinski definition) is 2. The lowest BCUT2D eigenvalue weighted by Gasteiger charge is -2.14. The molecule has 0 radical (unpaired) electrons. The third-order valence-corrected chi connectivity index (χ3v) is 2.68. The van der Waals surface area contributed by atoms with Crippen molar-refractivity contribution in [2.45, 2.75) is 32.5 Å². The van der Waals surface area contributed by atoms with Crippen molar-refractivity contribution in [2.24, 2.45) is 11.8 Å². The molecule has 1 aliphatic carbocycles. The first-order chi connectivity index (χ1) is 5.36. The zero-order valence-corrected chi connectivity index (χ0v) is 7.08. The standard InChI is InChI=1S/C9H16O2/c1-7(8-2-3-8)6-9-10-4-5-11-9/h7-9H,2-6H2,1H3. The van der Waals surface area contributed by atoms with Gasteiger partial charge in [0.25, 0.3) is 0 Å². The van der Waals surface area contributed by atoms with E-state index >= 15 is 0 Å². The Labute approximate surface area is 67.9 Å². The summed E-state index contributed by atoms with van der Waals surface area (Å²) in [5.41, 5.74) is 0. The lowest BCUT2D eigenvalue weighted by atomic mass is 10.0. The molecule has 0 aromatic rings. The zero-order valence-electron chi connectivity index (χ0n) is 7.08. The predicted molar refractivity (Wildman–Crippen MR) is 42.2 cm³/mol. The van der Waals surface area contributed by atoms with Crippen molar-refractivity contribution in [3.05, 3.63) is 0 Å². The van der Waals surface area contributed by atoms with E-state index < -0.39 is 0 Å². The van der Waals surface area contributed by atoms with Crippen molar-refractivity contribution in [2.75, 3.05) is 13.2 Å². The molecule has 2 rings (SSSR count). The first-order valence-electron chi connectivity index (χ1n) is 4.59. The first kappa shape index (κ1) is 7.56. The minimum Gasteiger partial charge on any atom is -0.350 e. The van der Waals surface area contributed by atoms with Crippen molar-refractivity contribution >= 4 is 0 Å². The molecule has 1 unspecified atom stereocenters. The molecule has 0 aromatic carbocycles. The quantitative estimate of drug-likeness (QED) is 0.620. The second kappa shape index (κ2) is 3.11. The van der Waals surface area contributed by atoms with Crippen LogP contribution in [0.25, 0.3) is 0 Å². The first-order valence-corrected chi connectivity index (χ1v) is 4.59. The van der Waals surface area contributed by atoms with Crippen molar-refractivity contribution in [1.29, 1.82) is 0 Å². The molecule has 64 valence electrons. The second-order valence-corrected chi connectivity index (χ2v) is 3.72. The molecule has 1 saturated carbocycles. The fourth-order valence-electron chi connectivity index (χ4n) is 1.70. The van der Waals surface area contributed by atoms with Gasteiger partial charge in [0.05, 0.1) is 13.2 Å². The Morgan fingerprint density at radius 1 is 1.27 bits per heavy atom. The lowest BCUT2D eigenvalue weighted by molar-refractivity contribution is -0.0571. The maximum Gasteiger partial charge on any atom is 0.158 e. The third-order valence-electron chi connectivity index (χ3n) is 2.68. The monoisotopic (exact) mass is 156 g/mol. The summed E-state index contributed by atoms with van der Waals surface area (Å²) >= 11 is 0. The molecule has 1 atom stereocenters. The molecule has 1 aliphatic heterocycles. The largest absolute Gasteiger partial charge is 0.350 e. The van der Waals surface area contributed by atoms with Crippen LogP contribution in [-0.2, 0) is 9.47 Å². The van der Waals surface area contributed by atoms with E-state index in [1.54, 1.807) is 0 Å². The Hall–Kier alpha value is -0.0800. The molecule has 11 heavy (non-hydrogen) atoms. The van der Waals surface area contributed by atoms with Gasteiger partial charge in [-0.1, -0.05) is 6.92 Å². The highest BCUT2D eigenvalue weighted by Crippen LogP contribution is 2.39. The van der Waals surface area contributed by atoms with E-state index in [9.17, 15) is 0 Å². The average Bonchev–Trinajstić information content (AvgIpc) is 2.73. The van der Waals surface area contributed by atoms with Gasteiger partial charge in [0.2, 0.25) is 0 Å². The van der Waals surface area contributed by atoms with Crippen molar-refractivity contribution in [3.63, 3.8) is 0 Å². The van der Waals surface area contributed by atoms with Crippen LogP contribution in [0.1, 0.15) is 26.2 Å². The molecule has 2 fully saturated rings. The van der Waals surface area contributed by atoms with Gasteiger partial charge in [0, 0.05) is 6.42 Å². The Morgan fingerprint density at radius 3 is 2.45 bits per heavy atom. The van der Waals surface area contributed by atoms with Gasteiger partial charge in [-0.15, -0.1) is 0 Å². The Kier molecular flexibility index (Phi) is 2.14. The molecule has 0 bridgehead atoms. The summed E-state index contributed by atoms with van der Waals surface area (Å²) in [6.45, 7) is 3.90. The minimum atomic E-state index is 0.116. The van der Waals surface area contributed by atoms with Crippen LogP contribution >= 0.6 is 0 Å².